The van der Waals surface area contributed by atoms with E-state index in [1.165, 1.54) is 21.3 Å². The molecule has 4 aromatic rings. The lowest BCUT2D eigenvalue weighted by Gasteiger charge is -2.27. The van der Waals surface area contributed by atoms with Crippen LogP contribution in [0.15, 0.2) is 58.3 Å². The van der Waals surface area contributed by atoms with Crippen LogP contribution in [0.25, 0.3) is 11.0 Å². The number of carbonyl (C=O) groups excluding carboxylic acids is 1. The molecule has 0 spiro atoms. The number of fused-ring (bicyclic) bond motifs is 2. The second-order valence-electron chi connectivity index (χ2n) is 9.46. The number of aryl methyl sites for hydroxylation is 3. The Labute approximate surface area is 231 Å². The van der Waals surface area contributed by atoms with Crippen LogP contribution in [0.2, 0.25) is 0 Å². The Morgan fingerprint density at radius 3 is 2.25 bits per heavy atom. The van der Waals surface area contributed by atoms with E-state index >= 15 is 0 Å². The summed E-state index contributed by atoms with van der Waals surface area (Å²) in [6.07, 6.45) is 0. The predicted octanol–water partition coefficient (Wildman–Crippen LogP) is 5.82. The summed E-state index contributed by atoms with van der Waals surface area (Å²) in [5.41, 5.74) is 11.2. The molecule has 1 aromatic heterocycles. The van der Waals surface area contributed by atoms with Gasteiger partial charge in [0.2, 0.25) is 17.4 Å². The maximum absolute atomic E-state index is 13.1. The lowest BCUT2D eigenvalue weighted by Crippen LogP contribution is -2.21. The normalized spacial score (nSPS) is 14.3. The van der Waals surface area contributed by atoms with Crippen molar-refractivity contribution in [3.63, 3.8) is 0 Å². The Morgan fingerprint density at radius 1 is 0.950 bits per heavy atom. The number of nitrogens with two attached hydrogens (primary N) is 1. The molecule has 0 saturated heterocycles. The Kier molecular flexibility index (Phi) is 6.78. The predicted molar refractivity (Wildman–Crippen MR) is 147 cm³/mol. The van der Waals surface area contributed by atoms with Crippen molar-refractivity contribution in [1.29, 1.82) is 5.26 Å². The molecule has 0 bridgehead atoms. The molecule has 40 heavy (non-hydrogen) atoms. The first-order chi connectivity index (χ1) is 19.2. The fourth-order valence-electron chi connectivity index (χ4n) is 4.93. The summed E-state index contributed by atoms with van der Waals surface area (Å²) in [7, 11) is 4.54. The van der Waals surface area contributed by atoms with E-state index in [-0.39, 0.29) is 23.0 Å². The van der Waals surface area contributed by atoms with Crippen LogP contribution in [0.4, 0.5) is 0 Å². The molecule has 3 aromatic carbocycles. The molecule has 204 valence electrons. The Hall–Kier alpha value is -5.10. The van der Waals surface area contributed by atoms with E-state index in [9.17, 15) is 10.1 Å². The van der Waals surface area contributed by atoms with Crippen LogP contribution in [0.3, 0.4) is 0 Å². The van der Waals surface area contributed by atoms with Crippen molar-refractivity contribution in [3.8, 4) is 34.8 Å². The number of allylic oxidation sites excluding steroid dienone is 1. The Morgan fingerprint density at radius 2 is 1.62 bits per heavy atom. The molecule has 0 radical (unpaired) electrons. The van der Waals surface area contributed by atoms with Crippen LogP contribution < -0.4 is 29.4 Å². The number of rotatable bonds is 6. The number of ether oxygens (including phenoxy) is 5. The molecular weight excluding hydrogens is 512 g/mol. The van der Waals surface area contributed by atoms with E-state index in [2.05, 4.69) is 6.07 Å². The summed E-state index contributed by atoms with van der Waals surface area (Å²) in [5.74, 6) is 0.677. The molecule has 0 amide bonds. The SMILES string of the molecule is COc1cc(C2C(C#N)=C(N)Oc3cc(OC(=O)c4oc5cc(C)c(C)cc5c4C)ccc32)cc(OC)c1OC. The van der Waals surface area contributed by atoms with Gasteiger partial charge in [-0.25, -0.2) is 4.79 Å². The van der Waals surface area contributed by atoms with Gasteiger partial charge in [-0.2, -0.15) is 5.26 Å². The van der Waals surface area contributed by atoms with Crippen LogP contribution in [-0.4, -0.2) is 27.3 Å². The number of nitrogens with zero attached hydrogens (tertiary/aromatic N) is 1. The lowest BCUT2D eigenvalue weighted by molar-refractivity contribution is 0.0702. The first kappa shape index (κ1) is 26.5. The van der Waals surface area contributed by atoms with E-state index in [1.807, 2.05) is 32.9 Å². The van der Waals surface area contributed by atoms with Crippen molar-refractivity contribution in [2.45, 2.75) is 26.7 Å². The van der Waals surface area contributed by atoms with Crippen LogP contribution in [0.5, 0.6) is 28.7 Å². The average Bonchev–Trinajstić information content (AvgIpc) is 3.26. The molecule has 2 N–H and O–H groups in total. The monoisotopic (exact) mass is 540 g/mol. The van der Waals surface area contributed by atoms with Crippen LogP contribution in [-0.2, 0) is 0 Å². The molecule has 0 saturated carbocycles. The van der Waals surface area contributed by atoms with Gasteiger partial charge in [0.15, 0.2) is 11.5 Å². The molecular formula is C31H28N2O7. The molecule has 9 heteroatoms. The van der Waals surface area contributed by atoms with E-state index in [1.54, 1.807) is 30.3 Å². The molecule has 5 rings (SSSR count). The van der Waals surface area contributed by atoms with Crippen LogP contribution in [0.1, 0.15) is 44.3 Å². The van der Waals surface area contributed by atoms with E-state index in [0.29, 0.717) is 45.3 Å². The van der Waals surface area contributed by atoms with Gasteiger partial charge in [-0.15, -0.1) is 0 Å². The summed E-state index contributed by atoms with van der Waals surface area (Å²) >= 11 is 0. The second-order valence-corrected chi connectivity index (χ2v) is 9.46. The fourth-order valence-corrected chi connectivity index (χ4v) is 4.93. The van der Waals surface area contributed by atoms with E-state index < -0.39 is 11.9 Å². The Balaban J connectivity index is 1.53. The zero-order valence-corrected chi connectivity index (χ0v) is 23.0. The van der Waals surface area contributed by atoms with Gasteiger partial charge in [-0.05, 0) is 67.8 Å². The molecule has 1 aliphatic rings. The highest BCUT2D eigenvalue weighted by atomic mass is 16.6. The third-order valence-corrected chi connectivity index (χ3v) is 7.16. The smallest absolute Gasteiger partial charge is 0.379 e. The fraction of sp³-hybridized carbons (Fsp3) is 0.226. The molecule has 0 aliphatic carbocycles. The van der Waals surface area contributed by atoms with Gasteiger partial charge in [-0.1, -0.05) is 6.07 Å². The number of hydrogen-bond acceptors (Lipinski definition) is 9. The molecule has 2 heterocycles. The lowest BCUT2D eigenvalue weighted by atomic mass is 9.83. The standard InChI is InChI=1S/C31H28N2O7/c1-15-9-21-17(3)28(39-23(21)10-16(15)2)31(34)38-19-7-8-20-24(13-19)40-30(33)22(14-32)27(20)18-11-25(35-4)29(37-6)26(12-18)36-5/h7-13,27H,33H2,1-6H3. The summed E-state index contributed by atoms with van der Waals surface area (Å²) < 4.78 is 33.8. The first-order valence-corrected chi connectivity index (χ1v) is 12.4. The minimum Gasteiger partial charge on any atom is -0.493 e. The van der Waals surface area contributed by atoms with Crippen LogP contribution >= 0.6 is 0 Å². The van der Waals surface area contributed by atoms with Crippen molar-refractivity contribution in [1.82, 2.24) is 0 Å². The van der Waals surface area contributed by atoms with Crippen molar-refractivity contribution in [3.05, 3.63) is 87.5 Å². The maximum Gasteiger partial charge on any atom is 0.379 e. The zero-order valence-electron chi connectivity index (χ0n) is 23.0. The highest BCUT2D eigenvalue weighted by molar-refractivity contribution is 5.97. The molecule has 1 atom stereocenters. The second kappa shape index (κ2) is 10.2. The van der Waals surface area contributed by atoms with Gasteiger partial charge >= 0.3 is 5.97 Å². The minimum atomic E-state index is -0.637. The number of furan rings is 1. The van der Waals surface area contributed by atoms with Gasteiger partial charge in [0.1, 0.15) is 28.7 Å². The number of benzene rings is 3. The number of carbonyl (C=O) groups is 1. The quantitative estimate of drug-likeness (QED) is 0.238. The summed E-state index contributed by atoms with van der Waals surface area (Å²) in [6, 6.07) is 14.5. The summed E-state index contributed by atoms with van der Waals surface area (Å²) in [5, 5.41) is 10.8. The third kappa shape index (κ3) is 4.33. The topological polar surface area (TPSA) is 126 Å². The minimum absolute atomic E-state index is 0.0592. The Bertz CT molecular complexity index is 1720. The molecule has 9 nitrogen and oxygen atoms in total. The number of hydrogen-bond donors (Lipinski definition) is 1. The number of nitriles is 1. The average molecular weight is 541 g/mol. The maximum atomic E-state index is 13.1. The van der Waals surface area contributed by atoms with E-state index in [0.717, 1.165) is 16.5 Å². The van der Waals surface area contributed by atoms with Gasteiger partial charge in [0.05, 0.1) is 27.2 Å². The van der Waals surface area contributed by atoms with Gasteiger partial charge < -0.3 is 33.8 Å². The van der Waals surface area contributed by atoms with Crippen molar-refractivity contribution in [2.75, 3.05) is 21.3 Å². The van der Waals surface area contributed by atoms with Crippen molar-refractivity contribution in [2.24, 2.45) is 5.73 Å². The van der Waals surface area contributed by atoms with Gasteiger partial charge in [0, 0.05) is 22.6 Å². The molecule has 0 fully saturated rings. The molecule has 1 unspecified atom stereocenters. The van der Waals surface area contributed by atoms with Gasteiger partial charge in [0.25, 0.3) is 0 Å². The number of methoxy groups -OCH3 is 3. The van der Waals surface area contributed by atoms with Gasteiger partial charge in [-0.3, -0.25) is 0 Å². The summed E-state index contributed by atoms with van der Waals surface area (Å²) in [6.45, 7) is 5.82. The highest BCUT2D eigenvalue weighted by Crippen LogP contribution is 2.47. The molecule has 1 aliphatic heterocycles. The third-order valence-electron chi connectivity index (χ3n) is 7.16. The number of esters is 1. The zero-order chi connectivity index (χ0) is 28.7. The largest absolute Gasteiger partial charge is 0.493 e. The summed E-state index contributed by atoms with van der Waals surface area (Å²) in [4.78, 5) is 13.1. The first-order valence-electron chi connectivity index (χ1n) is 12.4. The van der Waals surface area contributed by atoms with E-state index in [4.69, 9.17) is 33.8 Å². The highest BCUT2D eigenvalue weighted by Gasteiger charge is 2.33. The van der Waals surface area contributed by atoms with Crippen molar-refractivity contribution < 1.29 is 32.9 Å². The van der Waals surface area contributed by atoms with Crippen molar-refractivity contribution >= 4 is 16.9 Å². The van der Waals surface area contributed by atoms with Crippen LogP contribution in [0, 0.1) is 32.1 Å².